The number of anilines is 2. The molecule has 0 atom stereocenters. The third-order valence-electron chi connectivity index (χ3n) is 4.28. The Balaban J connectivity index is 1.56. The van der Waals surface area contributed by atoms with Crippen molar-refractivity contribution in [1.82, 2.24) is 10.2 Å². The number of thioether (sulfide) groups is 1. The van der Waals surface area contributed by atoms with Crippen molar-refractivity contribution in [2.24, 2.45) is 0 Å². The second-order valence-corrected chi connectivity index (χ2v) is 8.95. The Hall–Kier alpha value is -2.71. The molecule has 0 radical (unpaired) electrons. The highest BCUT2D eigenvalue weighted by molar-refractivity contribution is 8.01. The number of hydrogen-bond acceptors (Lipinski definition) is 6. The summed E-state index contributed by atoms with van der Waals surface area (Å²) < 4.78 is 0.623. The Labute approximate surface area is 178 Å². The monoisotopic (exact) mass is 426 g/mol. The summed E-state index contributed by atoms with van der Waals surface area (Å²) in [6, 6.07) is 11.4. The molecule has 3 rings (SSSR count). The van der Waals surface area contributed by atoms with Gasteiger partial charge in [0, 0.05) is 11.3 Å². The lowest BCUT2D eigenvalue weighted by molar-refractivity contribution is -0.113. The maximum absolute atomic E-state index is 12.4. The predicted octanol–water partition coefficient (Wildman–Crippen LogP) is 4.75. The Morgan fingerprint density at radius 2 is 1.66 bits per heavy atom. The molecule has 0 unspecified atom stereocenters. The van der Waals surface area contributed by atoms with Gasteiger partial charge < -0.3 is 5.32 Å². The molecular formula is C21H22N4O2S2. The molecule has 0 saturated heterocycles. The van der Waals surface area contributed by atoms with E-state index in [4.69, 9.17) is 0 Å². The largest absolute Gasteiger partial charge is 0.325 e. The Kier molecular flexibility index (Phi) is 6.66. The lowest BCUT2D eigenvalue weighted by Crippen LogP contribution is -2.15. The summed E-state index contributed by atoms with van der Waals surface area (Å²) in [7, 11) is 0. The van der Waals surface area contributed by atoms with Gasteiger partial charge >= 0.3 is 0 Å². The van der Waals surface area contributed by atoms with Crippen LogP contribution in [0, 0.1) is 27.7 Å². The van der Waals surface area contributed by atoms with E-state index in [-0.39, 0.29) is 17.6 Å². The van der Waals surface area contributed by atoms with Crippen molar-refractivity contribution in [3.8, 4) is 0 Å². The summed E-state index contributed by atoms with van der Waals surface area (Å²) in [6.45, 7) is 7.88. The topological polar surface area (TPSA) is 84.0 Å². The van der Waals surface area contributed by atoms with Crippen LogP contribution in [0.15, 0.2) is 40.7 Å². The summed E-state index contributed by atoms with van der Waals surface area (Å²) in [6.07, 6.45) is 0. The number of carbonyl (C=O) groups is 2. The highest BCUT2D eigenvalue weighted by atomic mass is 32.2. The predicted molar refractivity (Wildman–Crippen MR) is 119 cm³/mol. The highest BCUT2D eigenvalue weighted by Crippen LogP contribution is 2.27. The summed E-state index contributed by atoms with van der Waals surface area (Å²) in [5.74, 6) is -0.114. The average Bonchev–Trinajstić information content (AvgIpc) is 3.10. The van der Waals surface area contributed by atoms with Crippen LogP contribution in [0.25, 0.3) is 0 Å². The van der Waals surface area contributed by atoms with E-state index >= 15 is 0 Å². The SMILES string of the molecule is Cc1cc(C)c(NC(=O)CSc2nnc(NC(=O)c3ccccc3C)s2)c(C)c1. The van der Waals surface area contributed by atoms with E-state index in [2.05, 4.69) is 20.8 Å². The van der Waals surface area contributed by atoms with Crippen LogP contribution in [0.2, 0.25) is 0 Å². The number of nitrogens with one attached hydrogen (secondary N) is 2. The van der Waals surface area contributed by atoms with E-state index in [0.717, 1.165) is 22.4 Å². The molecule has 0 aliphatic carbocycles. The van der Waals surface area contributed by atoms with Gasteiger partial charge in [-0.3, -0.25) is 14.9 Å². The average molecular weight is 427 g/mol. The Morgan fingerprint density at radius 3 is 2.34 bits per heavy atom. The van der Waals surface area contributed by atoms with Gasteiger partial charge in [-0.05, 0) is 50.5 Å². The number of amides is 2. The number of hydrogen-bond donors (Lipinski definition) is 2. The van der Waals surface area contributed by atoms with Crippen molar-refractivity contribution >= 4 is 45.7 Å². The Bertz CT molecular complexity index is 1040. The summed E-state index contributed by atoms with van der Waals surface area (Å²) >= 11 is 2.54. The van der Waals surface area contributed by atoms with Crippen LogP contribution < -0.4 is 10.6 Å². The number of nitrogens with zero attached hydrogens (tertiary/aromatic N) is 2. The maximum atomic E-state index is 12.4. The van der Waals surface area contributed by atoms with Crippen molar-refractivity contribution in [3.05, 3.63) is 64.2 Å². The van der Waals surface area contributed by atoms with Crippen LogP contribution in [-0.4, -0.2) is 27.8 Å². The number of benzene rings is 2. The fraction of sp³-hybridized carbons (Fsp3) is 0.238. The van der Waals surface area contributed by atoms with E-state index in [9.17, 15) is 9.59 Å². The van der Waals surface area contributed by atoms with Gasteiger partial charge in [-0.1, -0.05) is 59.0 Å². The molecule has 2 aromatic carbocycles. The zero-order valence-electron chi connectivity index (χ0n) is 16.7. The van der Waals surface area contributed by atoms with Crippen LogP contribution in [0.3, 0.4) is 0 Å². The minimum Gasteiger partial charge on any atom is -0.325 e. The molecule has 0 bridgehead atoms. The molecule has 1 aromatic heterocycles. The molecule has 0 aliphatic rings. The van der Waals surface area contributed by atoms with Crippen LogP contribution >= 0.6 is 23.1 Å². The summed E-state index contributed by atoms with van der Waals surface area (Å²) in [4.78, 5) is 24.7. The molecule has 6 nitrogen and oxygen atoms in total. The van der Waals surface area contributed by atoms with Gasteiger partial charge in [0.05, 0.1) is 5.75 Å². The second-order valence-electron chi connectivity index (χ2n) is 6.75. The van der Waals surface area contributed by atoms with Crippen molar-refractivity contribution < 1.29 is 9.59 Å². The first-order valence-corrected chi connectivity index (χ1v) is 10.8. The van der Waals surface area contributed by atoms with Gasteiger partial charge in [0.15, 0.2) is 4.34 Å². The van der Waals surface area contributed by atoms with Crippen molar-refractivity contribution in [2.75, 3.05) is 16.4 Å². The summed E-state index contributed by atoms with van der Waals surface area (Å²) in [5, 5.41) is 14.2. The van der Waals surface area contributed by atoms with Gasteiger partial charge in [-0.2, -0.15) is 0 Å². The molecule has 2 N–H and O–H groups in total. The van der Waals surface area contributed by atoms with Crippen LogP contribution in [0.1, 0.15) is 32.6 Å². The van der Waals surface area contributed by atoms with Crippen molar-refractivity contribution in [3.63, 3.8) is 0 Å². The first kappa shape index (κ1) is 21.0. The highest BCUT2D eigenvalue weighted by Gasteiger charge is 2.14. The van der Waals surface area contributed by atoms with Crippen LogP contribution in [0.4, 0.5) is 10.8 Å². The molecule has 0 aliphatic heterocycles. The van der Waals surface area contributed by atoms with Crippen LogP contribution in [-0.2, 0) is 4.79 Å². The van der Waals surface area contributed by atoms with Gasteiger partial charge in [0.25, 0.3) is 5.91 Å². The third kappa shape index (κ3) is 5.42. The number of rotatable bonds is 6. The third-order valence-corrected chi connectivity index (χ3v) is 6.26. The zero-order chi connectivity index (χ0) is 21.0. The van der Waals surface area contributed by atoms with E-state index in [1.54, 1.807) is 6.07 Å². The quantitative estimate of drug-likeness (QED) is 0.439. The first-order chi connectivity index (χ1) is 13.8. The molecule has 1 heterocycles. The molecule has 3 aromatic rings. The van der Waals surface area contributed by atoms with E-state index < -0.39 is 0 Å². The maximum Gasteiger partial charge on any atom is 0.257 e. The minimum atomic E-state index is -0.223. The zero-order valence-corrected chi connectivity index (χ0v) is 18.3. The van der Waals surface area contributed by atoms with Crippen molar-refractivity contribution in [2.45, 2.75) is 32.0 Å². The first-order valence-electron chi connectivity index (χ1n) is 9.04. The van der Waals surface area contributed by atoms with E-state index in [1.807, 2.05) is 58.0 Å². The normalized spacial score (nSPS) is 10.6. The molecule has 0 spiro atoms. The van der Waals surface area contributed by atoms with Crippen molar-refractivity contribution in [1.29, 1.82) is 0 Å². The number of aromatic nitrogens is 2. The smallest absolute Gasteiger partial charge is 0.257 e. The lowest BCUT2D eigenvalue weighted by atomic mass is 10.1. The molecule has 2 amide bonds. The molecule has 0 fully saturated rings. The standard InChI is InChI=1S/C21H22N4O2S2/c1-12-9-14(3)18(15(4)10-12)22-17(26)11-28-21-25-24-20(29-21)23-19(27)16-8-6-5-7-13(16)2/h5-10H,11H2,1-4H3,(H,22,26)(H,23,24,27). The van der Waals surface area contributed by atoms with Gasteiger partial charge in [-0.25, -0.2) is 0 Å². The molecular weight excluding hydrogens is 404 g/mol. The summed E-state index contributed by atoms with van der Waals surface area (Å²) in [5.41, 5.74) is 5.59. The van der Waals surface area contributed by atoms with E-state index in [0.29, 0.717) is 15.0 Å². The van der Waals surface area contributed by atoms with Gasteiger partial charge in [0.1, 0.15) is 0 Å². The second kappa shape index (κ2) is 9.19. The molecule has 0 saturated carbocycles. The van der Waals surface area contributed by atoms with E-state index in [1.165, 1.54) is 28.7 Å². The van der Waals surface area contributed by atoms with Gasteiger partial charge in [-0.15, -0.1) is 10.2 Å². The fourth-order valence-electron chi connectivity index (χ4n) is 2.99. The molecule has 8 heteroatoms. The number of aryl methyl sites for hydroxylation is 4. The van der Waals surface area contributed by atoms with Gasteiger partial charge in [0.2, 0.25) is 11.0 Å². The Morgan fingerprint density at radius 1 is 0.966 bits per heavy atom. The minimum absolute atomic E-state index is 0.106. The molecule has 29 heavy (non-hydrogen) atoms. The number of carbonyl (C=O) groups excluding carboxylic acids is 2. The molecule has 150 valence electrons. The lowest BCUT2D eigenvalue weighted by Gasteiger charge is -2.12. The fourth-order valence-corrected chi connectivity index (χ4v) is 4.54. The van der Waals surface area contributed by atoms with Crippen LogP contribution in [0.5, 0.6) is 0 Å².